The van der Waals surface area contributed by atoms with Gasteiger partial charge in [0.05, 0.1) is 6.10 Å². The lowest BCUT2D eigenvalue weighted by Gasteiger charge is -2.23. The smallest absolute Gasteiger partial charge is 0.0679 e. The summed E-state index contributed by atoms with van der Waals surface area (Å²) in [6, 6.07) is 10.8. The largest absolute Gasteiger partial charge is 0.392 e. The fraction of sp³-hybridized carbons (Fsp3) is 0.538. The van der Waals surface area contributed by atoms with Crippen LogP contribution in [0.4, 0.5) is 0 Å². The molecule has 1 unspecified atom stereocenters. The zero-order valence-electron chi connectivity index (χ0n) is 9.76. The third-order valence-corrected chi connectivity index (χ3v) is 3.24. The molecule has 1 aliphatic rings. The third-order valence-electron chi connectivity index (χ3n) is 3.24. The van der Waals surface area contributed by atoms with E-state index in [-0.39, 0.29) is 6.10 Å². The van der Waals surface area contributed by atoms with Crippen LogP contribution < -0.4 is 5.32 Å². The molecule has 3 heteroatoms. The average Bonchev–Trinajstić information content (AvgIpc) is 2.73. The van der Waals surface area contributed by atoms with Gasteiger partial charge in [0, 0.05) is 25.7 Å². The molecule has 1 aliphatic heterocycles. The third kappa shape index (κ3) is 2.82. The molecule has 1 saturated heterocycles. The van der Waals surface area contributed by atoms with Gasteiger partial charge in [-0.05, 0) is 19.0 Å². The van der Waals surface area contributed by atoms with Crippen LogP contribution >= 0.6 is 0 Å². The van der Waals surface area contributed by atoms with Crippen molar-refractivity contribution in [1.82, 2.24) is 10.2 Å². The molecule has 88 valence electrons. The van der Waals surface area contributed by atoms with E-state index in [4.69, 9.17) is 0 Å². The van der Waals surface area contributed by atoms with Crippen LogP contribution in [0.5, 0.6) is 0 Å². The normalized spacial score (nSPS) is 23.5. The van der Waals surface area contributed by atoms with Gasteiger partial charge in [0.15, 0.2) is 0 Å². The maximum absolute atomic E-state index is 9.49. The Balaban J connectivity index is 1.96. The molecule has 3 nitrogen and oxygen atoms in total. The zero-order chi connectivity index (χ0) is 11.4. The van der Waals surface area contributed by atoms with E-state index in [9.17, 15) is 5.11 Å². The molecule has 0 aromatic heterocycles. The van der Waals surface area contributed by atoms with Crippen molar-refractivity contribution in [2.75, 3.05) is 26.7 Å². The summed E-state index contributed by atoms with van der Waals surface area (Å²) in [4.78, 5) is 2.32. The molecule has 1 aromatic carbocycles. The van der Waals surface area contributed by atoms with E-state index < -0.39 is 0 Å². The second kappa shape index (κ2) is 5.43. The SMILES string of the molecule is CNC(CN1CC[C@H](O)C1)c1ccccc1. The summed E-state index contributed by atoms with van der Waals surface area (Å²) in [5.74, 6) is 0. The second-order valence-corrected chi connectivity index (χ2v) is 4.45. The summed E-state index contributed by atoms with van der Waals surface area (Å²) in [5.41, 5.74) is 1.31. The highest BCUT2D eigenvalue weighted by Gasteiger charge is 2.22. The number of aliphatic hydroxyl groups is 1. The number of benzene rings is 1. The molecule has 0 spiro atoms. The first-order valence-corrected chi connectivity index (χ1v) is 5.92. The summed E-state index contributed by atoms with van der Waals surface area (Å²) < 4.78 is 0. The topological polar surface area (TPSA) is 35.5 Å². The molecule has 16 heavy (non-hydrogen) atoms. The summed E-state index contributed by atoms with van der Waals surface area (Å²) >= 11 is 0. The number of rotatable bonds is 4. The van der Waals surface area contributed by atoms with Crippen molar-refractivity contribution in [3.8, 4) is 0 Å². The average molecular weight is 220 g/mol. The Morgan fingerprint density at radius 3 is 2.75 bits per heavy atom. The van der Waals surface area contributed by atoms with E-state index in [0.717, 1.165) is 26.1 Å². The molecule has 1 fully saturated rings. The molecular weight excluding hydrogens is 200 g/mol. The summed E-state index contributed by atoms with van der Waals surface area (Å²) in [5, 5.41) is 12.8. The Labute approximate surface area is 97.1 Å². The van der Waals surface area contributed by atoms with Crippen LogP contribution in [0.25, 0.3) is 0 Å². The summed E-state index contributed by atoms with van der Waals surface area (Å²) in [6.45, 7) is 2.79. The van der Waals surface area contributed by atoms with Gasteiger partial charge in [-0.25, -0.2) is 0 Å². The van der Waals surface area contributed by atoms with Crippen molar-refractivity contribution in [3.63, 3.8) is 0 Å². The standard InChI is InChI=1S/C13H20N2O/c1-14-13(11-5-3-2-4-6-11)10-15-8-7-12(16)9-15/h2-6,12-14,16H,7-10H2,1H3/t12-,13?/m0/s1. The monoisotopic (exact) mass is 220 g/mol. The minimum atomic E-state index is -0.131. The predicted molar refractivity (Wildman–Crippen MR) is 65.3 cm³/mol. The number of likely N-dealkylation sites (tertiary alicyclic amines) is 1. The number of nitrogens with one attached hydrogen (secondary N) is 1. The van der Waals surface area contributed by atoms with Gasteiger partial charge in [-0.1, -0.05) is 30.3 Å². The number of hydrogen-bond donors (Lipinski definition) is 2. The van der Waals surface area contributed by atoms with Gasteiger partial charge in [0.25, 0.3) is 0 Å². The molecule has 1 heterocycles. The highest BCUT2D eigenvalue weighted by atomic mass is 16.3. The molecule has 2 rings (SSSR count). The van der Waals surface area contributed by atoms with E-state index in [1.54, 1.807) is 0 Å². The van der Waals surface area contributed by atoms with Gasteiger partial charge in [-0.2, -0.15) is 0 Å². The Morgan fingerprint density at radius 1 is 1.44 bits per heavy atom. The number of likely N-dealkylation sites (N-methyl/N-ethyl adjacent to an activating group) is 1. The van der Waals surface area contributed by atoms with Crippen molar-refractivity contribution in [3.05, 3.63) is 35.9 Å². The highest BCUT2D eigenvalue weighted by molar-refractivity contribution is 5.19. The quantitative estimate of drug-likeness (QED) is 0.795. The maximum atomic E-state index is 9.49. The van der Waals surface area contributed by atoms with E-state index >= 15 is 0 Å². The van der Waals surface area contributed by atoms with Crippen LogP contribution in [-0.4, -0.2) is 42.8 Å². The second-order valence-electron chi connectivity index (χ2n) is 4.45. The molecule has 0 bridgehead atoms. The number of β-amino-alcohol motifs (C(OH)–C–C–N with tert-alkyl or cyclic N) is 1. The molecule has 2 N–H and O–H groups in total. The van der Waals surface area contributed by atoms with Gasteiger partial charge in [0.2, 0.25) is 0 Å². The van der Waals surface area contributed by atoms with Crippen molar-refractivity contribution in [2.45, 2.75) is 18.6 Å². The molecule has 1 aromatic rings. The zero-order valence-corrected chi connectivity index (χ0v) is 9.76. The number of nitrogens with zero attached hydrogens (tertiary/aromatic N) is 1. The van der Waals surface area contributed by atoms with Gasteiger partial charge in [-0.15, -0.1) is 0 Å². The fourth-order valence-corrected chi connectivity index (χ4v) is 2.28. The minimum absolute atomic E-state index is 0.131. The Morgan fingerprint density at radius 2 is 2.19 bits per heavy atom. The van der Waals surface area contributed by atoms with E-state index in [0.29, 0.717) is 6.04 Å². The van der Waals surface area contributed by atoms with E-state index in [1.807, 2.05) is 13.1 Å². The molecule has 0 saturated carbocycles. The lowest BCUT2D eigenvalue weighted by molar-refractivity contribution is 0.173. The van der Waals surface area contributed by atoms with Crippen LogP contribution in [-0.2, 0) is 0 Å². The summed E-state index contributed by atoms with van der Waals surface area (Å²) in [6.07, 6.45) is 0.777. The van der Waals surface area contributed by atoms with Crippen molar-refractivity contribution in [1.29, 1.82) is 0 Å². The Hall–Kier alpha value is -0.900. The summed E-state index contributed by atoms with van der Waals surface area (Å²) in [7, 11) is 1.99. The minimum Gasteiger partial charge on any atom is -0.392 e. The lowest BCUT2D eigenvalue weighted by Crippen LogP contribution is -2.32. The van der Waals surface area contributed by atoms with Gasteiger partial charge in [0.1, 0.15) is 0 Å². The van der Waals surface area contributed by atoms with Crippen LogP contribution in [0.2, 0.25) is 0 Å². The first kappa shape index (κ1) is 11.6. The molecule has 0 radical (unpaired) electrons. The van der Waals surface area contributed by atoms with E-state index in [1.165, 1.54) is 5.56 Å². The Kier molecular flexibility index (Phi) is 3.93. The predicted octanol–water partition coefficient (Wildman–Crippen LogP) is 1.01. The first-order valence-electron chi connectivity index (χ1n) is 5.92. The van der Waals surface area contributed by atoms with Crippen molar-refractivity contribution >= 4 is 0 Å². The molecule has 0 aliphatic carbocycles. The van der Waals surface area contributed by atoms with Crippen LogP contribution in [0.3, 0.4) is 0 Å². The Bertz CT molecular complexity index is 315. The van der Waals surface area contributed by atoms with Gasteiger partial charge in [-0.3, -0.25) is 4.90 Å². The number of hydrogen-bond acceptors (Lipinski definition) is 3. The van der Waals surface area contributed by atoms with Crippen molar-refractivity contribution in [2.24, 2.45) is 0 Å². The number of aliphatic hydroxyl groups excluding tert-OH is 1. The highest BCUT2D eigenvalue weighted by Crippen LogP contribution is 2.17. The van der Waals surface area contributed by atoms with E-state index in [2.05, 4.69) is 34.5 Å². The van der Waals surface area contributed by atoms with Crippen LogP contribution in [0, 0.1) is 0 Å². The molecule has 2 atom stereocenters. The lowest BCUT2D eigenvalue weighted by atomic mass is 10.1. The molecular formula is C13H20N2O. The fourth-order valence-electron chi connectivity index (χ4n) is 2.28. The maximum Gasteiger partial charge on any atom is 0.0679 e. The first-order chi connectivity index (χ1) is 7.79. The van der Waals surface area contributed by atoms with Crippen molar-refractivity contribution < 1.29 is 5.11 Å². The molecule has 0 amide bonds. The van der Waals surface area contributed by atoms with Crippen LogP contribution in [0.15, 0.2) is 30.3 Å². The van der Waals surface area contributed by atoms with Gasteiger partial charge >= 0.3 is 0 Å². The van der Waals surface area contributed by atoms with Gasteiger partial charge < -0.3 is 10.4 Å². The van der Waals surface area contributed by atoms with Crippen LogP contribution in [0.1, 0.15) is 18.0 Å².